The number of ether oxygens (including phenoxy) is 3. The molecule has 0 aromatic carbocycles. The number of hydrogen-bond donors (Lipinski definition) is 0. The van der Waals surface area contributed by atoms with Crippen LogP contribution in [0.4, 0.5) is 0 Å². The monoisotopic (exact) mass is 276 g/mol. The van der Waals surface area contributed by atoms with Crippen LogP contribution in [0.25, 0.3) is 0 Å². The third-order valence-electron chi connectivity index (χ3n) is 3.04. The molecule has 5 heteroatoms. The van der Waals surface area contributed by atoms with Crippen molar-refractivity contribution in [2.75, 3.05) is 61.6 Å². The van der Waals surface area contributed by atoms with E-state index in [1.807, 2.05) is 42.0 Å². The van der Waals surface area contributed by atoms with Crippen LogP contribution < -0.4 is 0 Å². The van der Waals surface area contributed by atoms with E-state index in [0.717, 1.165) is 13.1 Å². The lowest BCUT2D eigenvalue weighted by Gasteiger charge is -2.29. The summed E-state index contributed by atoms with van der Waals surface area (Å²) >= 11 is 0. The highest BCUT2D eigenvalue weighted by molar-refractivity contribution is 4.73. The molecule has 0 fully saturated rings. The van der Waals surface area contributed by atoms with Gasteiger partial charge in [-0.05, 0) is 42.0 Å². The molecule has 0 heterocycles. The highest BCUT2D eigenvalue weighted by Crippen LogP contribution is 2.11. The maximum Gasteiger partial charge on any atom is 0.109 e. The van der Waals surface area contributed by atoms with Crippen LogP contribution in [0.1, 0.15) is 13.8 Å². The van der Waals surface area contributed by atoms with Gasteiger partial charge >= 0.3 is 0 Å². The van der Waals surface area contributed by atoms with E-state index in [1.165, 1.54) is 0 Å². The fourth-order valence-electron chi connectivity index (χ4n) is 1.80. The molecule has 116 valence electrons. The van der Waals surface area contributed by atoms with Gasteiger partial charge in [0.1, 0.15) is 6.10 Å². The van der Waals surface area contributed by atoms with E-state index in [0.29, 0.717) is 13.2 Å². The summed E-state index contributed by atoms with van der Waals surface area (Å²) in [5.74, 6) is 0. The predicted octanol–water partition coefficient (Wildman–Crippen LogP) is 0.935. The fraction of sp³-hybridized carbons (Fsp3) is 1.00. The lowest BCUT2D eigenvalue weighted by Crippen LogP contribution is -2.40. The van der Waals surface area contributed by atoms with Crippen LogP contribution in [0.3, 0.4) is 0 Å². The third kappa shape index (κ3) is 9.35. The summed E-state index contributed by atoms with van der Waals surface area (Å²) in [5.41, 5.74) is 0. The summed E-state index contributed by atoms with van der Waals surface area (Å²) in [5, 5.41) is 0. The highest BCUT2D eigenvalue weighted by Gasteiger charge is 2.24. The molecule has 0 N–H and O–H groups in total. The number of hydrogen-bond acceptors (Lipinski definition) is 5. The first-order valence-electron chi connectivity index (χ1n) is 6.94. The van der Waals surface area contributed by atoms with Gasteiger partial charge in [-0.2, -0.15) is 0 Å². The number of rotatable bonds is 11. The molecule has 5 nitrogen and oxygen atoms in total. The maximum absolute atomic E-state index is 5.80. The Morgan fingerprint density at radius 3 is 1.42 bits per heavy atom. The van der Waals surface area contributed by atoms with E-state index in [4.69, 9.17) is 14.2 Å². The Labute approximate surface area is 118 Å². The SMILES string of the molecule is COC(C(C)OCCN(C)C)C(C)OCCN(C)C. The molecule has 0 rings (SSSR count). The lowest BCUT2D eigenvalue weighted by atomic mass is 10.1. The normalized spacial score (nSPS) is 16.9. The first kappa shape index (κ1) is 18.8. The molecule has 0 aliphatic carbocycles. The number of methoxy groups -OCH3 is 1. The molecule has 0 bridgehead atoms. The van der Waals surface area contributed by atoms with Crippen molar-refractivity contribution in [1.82, 2.24) is 9.80 Å². The Hall–Kier alpha value is -0.200. The summed E-state index contributed by atoms with van der Waals surface area (Å²) < 4.78 is 17.1. The molecule has 2 unspecified atom stereocenters. The Bertz CT molecular complexity index is 193. The van der Waals surface area contributed by atoms with E-state index in [2.05, 4.69) is 9.80 Å². The van der Waals surface area contributed by atoms with Crippen molar-refractivity contribution in [2.24, 2.45) is 0 Å². The number of likely N-dealkylation sites (N-methyl/N-ethyl adjacent to an activating group) is 2. The smallest absolute Gasteiger partial charge is 0.109 e. The van der Waals surface area contributed by atoms with Crippen LogP contribution in [0.15, 0.2) is 0 Å². The molecular formula is C14H32N2O3. The quantitative estimate of drug-likeness (QED) is 0.561. The average molecular weight is 276 g/mol. The standard InChI is InChI=1S/C14H32N2O3/c1-12(18-10-8-15(3)4)14(17-7)13(2)19-11-9-16(5)6/h12-14H,8-11H2,1-7H3. The second kappa shape index (κ2) is 10.6. The van der Waals surface area contributed by atoms with Crippen LogP contribution in [0, 0.1) is 0 Å². The van der Waals surface area contributed by atoms with E-state index in [1.54, 1.807) is 7.11 Å². The maximum atomic E-state index is 5.80. The molecule has 0 aromatic heterocycles. The van der Waals surface area contributed by atoms with Crippen LogP contribution in [-0.2, 0) is 14.2 Å². The fourth-order valence-corrected chi connectivity index (χ4v) is 1.80. The van der Waals surface area contributed by atoms with Gasteiger partial charge in [0.2, 0.25) is 0 Å². The number of nitrogens with zero attached hydrogens (tertiary/aromatic N) is 2. The van der Waals surface area contributed by atoms with E-state index in [-0.39, 0.29) is 18.3 Å². The van der Waals surface area contributed by atoms with Gasteiger partial charge in [-0.15, -0.1) is 0 Å². The summed E-state index contributed by atoms with van der Waals surface area (Å²) in [4.78, 5) is 4.21. The van der Waals surface area contributed by atoms with Crippen molar-refractivity contribution in [3.05, 3.63) is 0 Å². The van der Waals surface area contributed by atoms with Crippen molar-refractivity contribution < 1.29 is 14.2 Å². The molecule has 0 radical (unpaired) electrons. The van der Waals surface area contributed by atoms with Crippen molar-refractivity contribution >= 4 is 0 Å². The third-order valence-corrected chi connectivity index (χ3v) is 3.04. The molecule has 0 aromatic rings. The second-order valence-electron chi connectivity index (χ2n) is 5.46. The Balaban J connectivity index is 4.00. The zero-order valence-electron chi connectivity index (χ0n) is 13.7. The van der Waals surface area contributed by atoms with Gasteiger partial charge in [0.15, 0.2) is 0 Å². The molecule has 0 amide bonds. The van der Waals surface area contributed by atoms with Gasteiger partial charge in [0, 0.05) is 20.2 Å². The highest BCUT2D eigenvalue weighted by atomic mass is 16.6. The van der Waals surface area contributed by atoms with Crippen LogP contribution in [0.5, 0.6) is 0 Å². The van der Waals surface area contributed by atoms with Gasteiger partial charge in [0.05, 0.1) is 25.4 Å². The minimum absolute atomic E-state index is 0.0271. The Morgan fingerprint density at radius 2 is 1.16 bits per heavy atom. The largest absolute Gasteiger partial charge is 0.376 e. The average Bonchev–Trinajstić information content (AvgIpc) is 2.28. The van der Waals surface area contributed by atoms with Gasteiger partial charge in [-0.3, -0.25) is 0 Å². The summed E-state index contributed by atoms with van der Waals surface area (Å²) in [6.07, 6.45) is 0.0166. The van der Waals surface area contributed by atoms with Crippen molar-refractivity contribution in [1.29, 1.82) is 0 Å². The molecule has 2 atom stereocenters. The Kier molecular flexibility index (Phi) is 10.5. The van der Waals surface area contributed by atoms with E-state index in [9.17, 15) is 0 Å². The van der Waals surface area contributed by atoms with Gasteiger partial charge in [-0.25, -0.2) is 0 Å². The zero-order valence-corrected chi connectivity index (χ0v) is 13.7. The summed E-state index contributed by atoms with van der Waals surface area (Å²) in [6, 6.07) is 0. The molecule has 0 aliphatic rings. The molecule has 0 saturated heterocycles. The van der Waals surface area contributed by atoms with Crippen molar-refractivity contribution in [2.45, 2.75) is 32.2 Å². The first-order chi connectivity index (χ1) is 8.88. The van der Waals surface area contributed by atoms with E-state index >= 15 is 0 Å². The minimum atomic E-state index is -0.0377. The van der Waals surface area contributed by atoms with Gasteiger partial charge < -0.3 is 24.0 Å². The van der Waals surface area contributed by atoms with Crippen LogP contribution >= 0.6 is 0 Å². The van der Waals surface area contributed by atoms with Gasteiger partial charge in [0.25, 0.3) is 0 Å². The van der Waals surface area contributed by atoms with Crippen LogP contribution in [-0.4, -0.2) is 89.7 Å². The molecule has 0 saturated carbocycles. The lowest BCUT2D eigenvalue weighted by molar-refractivity contribution is -0.117. The van der Waals surface area contributed by atoms with Gasteiger partial charge in [-0.1, -0.05) is 0 Å². The molecule has 0 spiro atoms. The second-order valence-corrected chi connectivity index (χ2v) is 5.46. The topological polar surface area (TPSA) is 34.2 Å². The minimum Gasteiger partial charge on any atom is -0.376 e. The zero-order chi connectivity index (χ0) is 14.8. The van der Waals surface area contributed by atoms with Crippen molar-refractivity contribution in [3.8, 4) is 0 Å². The Morgan fingerprint density at radius 1 is 0.789 bits per heavy atom. The molecular weight excluding hydrogens is 244 g/mol. The summed E-state index contributed by atoms with van der Waals surface area (Å²) in [7, 11) is 9.86. The first-order valence-corrected chi connectivity index (χ1v) is 6.94. The van der Waals surface area contributed by atoms with Crippen molar-refractivity contribution in [3.63, 3.8) is 0 Å². The summed E-state index contributed by atoms with van der Waals surface area (Å²) in [6.45, 7) is 7.31. The van der Waals surface area contributed by atoms with E-state index < -0.39 is 0 Å². The predicted molar refractivity (Wildman–Crippen MR) is 78.7 cm³/mol. The molecule has 0 aliphatic heterocycles. The van der Waals surface area contributed by atoms with Crippen LogP contribution in [0.2, 0.25) is 0 Å². The molecule has 19 heavy (non-hydrogen) atoms.